The van der Waals surface area contributed by atoms with Crippen molar-refractivity contribution >= 4 is 16.5 Å². The van der Waals surface area contributed by atoms with Crippen molar-refractivity contribution in [1.82, 2.24) is 4.37 Å². The molecule has 0 fully saturated rings. The molecule has 0 radical (unpaired) electrons. The van der Waals surface area contributed by atoms with E-state index in [0.29, 0.717) is 11.5 Å². The van der Waals surface area contributed by atoms with Gasteiger partial charge in [0.05, 0.1) is 11.0 Å². The fourth-order valence-corrected chi connectivity index (χ4v) is 1.04. The summed E-state index contributed by atoms with van der Waals surface area (Å²) in [7, 11) is 0. The summed E-state index contributed by atoms with van der Waals surface area (Å²) in [6.45, 7) is 0. The van der Waals surface area contributed by atoms with Crippen LogP contribution >= 0.6 is 11.5 Å². The van der Waals surface area contributed by atoms with Crippen LogP contribution in [0.25, 0.3) is 0 Å². The van der Waals surface area contributed by atoms with Gasteiger partial charge in [0.25, 0.3) is 6.43 Å². The quantitative estimate of drug-likeness (QED) is 0.516. The molecule has 7 heteroatoms. The highest BCUT2D eigenvalue weighted by atomic mass is 32.1. The number of hydrogen-bond donors (Lipinski definition) is 0. The van der Waals surface area contributed by atoms with Gasteiger partial charge in [-0.3, -0.25) is 10.1 Å². The van der Waals surface area contributed by atoms with Crippen LogP contribution in [0.4, 0.5) is 13.8 Å². The van der Waals surface area contributed by atoms with Gasteiger partial charge in [-0.2, -0.15) is 4.37 Å². The summed E-state index contributed by atoms with van der Waals surface area (Å²) in [4.78, 5) is 9.22. The Morgan fingerprint density at radius 1 is 1.73 bits per heavy atom. The molecule has 0 bridgehead atoms. The normalized spacial score (nSPS) is 10.5. The summed E-state index contributed by atoms with van der Waals surface area (Å²) in [6.07, 6.45) is -2.74. The van der Waals surface area contributed by atoms with Crippen molar-refractivity contribution in [3.05, 3.63) is 21.9 Å². The summed E-state index contributed by atoms with van der Waals surface area (Å²) in [5.41, 5.74) is -0.540. The van der Waals surface area contributed by atoms with Crippen molar-refractivity contribution in [2.75, 3.05) is 0 Å². The molecule has 0 aliphatic heterocycles. The van der Waals surface area contributed by atoms with Crippen LogP contribution in [-0.2, 0) is 0 Å². The SMILES string of the molecule is O=[N+]([O-])c1cc(C(F)F)ns1. The minimum atomic E-state index is -2.74. The molecule has 0 unspecified atom stereocenters. The van der Waals surface area contributed by atoms with E-state index in [4.69, 9.17) is 0 Å². The molecule has 0 atom stereocenters. The smallest absolute Gasteiger partial charge is 0.258 e. The second kappa shape index (κ2) is 2.87. The first-order valence-electron chi connectivity index (χ1n) is 2.50. The van der Waals surface area contributed by atoms with Crippen LogP contribution in [0.5, 0.6) is 0 Å². The molecule has 1 aromatic rings. The molecule has 0 aliphatic rings. The van der Waals surface area contributed by atoms with Crippen molar-refractivity contribution < 1.29 is 13.7 Å². The Kier molecular flexibility index (Phi) is 2.08. The van der Waals surface area contributed by atoms with E-state index < -0.39 is 17.0 Å². The Labute approximate surface area is 63.8 Å². The Morgan fingerprint density at radius 2 is 2.36 bits per heavy atom. The molecule has 60 valence electrons. The van der Waals surface area contributed by atoms with Crippen molar-refractivity contribution in [2.24, 2.45) is 0 Å². The maximum absolute atomic E-state index is 11.8. The summed E-state index contributed by atoms with van der Waals surface area (Å²) >= 11 is 0.457. The van der Waals surface area contributed by atoms with Gasteiger partial charge in [-0.1, -0.05) is 0 Å². The minimum Gasteiger partial charge on any atom is -0.258 e. The van der Waals surface area contributed by atoms with Crippen LogP contribution in [0.15, 0.2) is 6.07 Å². The Bertz CT molecular complexity index is 275. The number of nitro groups is 1. The van der Waals surface area contributed by atoms with Crippen LogP contribution in [0.3, 0.4) is 0 Å². The largest absolute Gasteiger partial charge is 0.343 e. The van der Waals surface area contributed by atoms with Crippen LogP contribution < -0.4 is 0 Å². The lowest BCUT2D eigenvalue weighted by Gasteiger charge is -1.85. The number of hydrogen-bond acceptors (Lipinski definition) is 4. The summed E-state index contributed by atoms with van der Waals surface area (Å²) in [6, 6.07) is 0.773. The Morgan fingerprint density at radius 3 is 2.64 bits per heavy atom. The molecule has 0 saturated heterocycles. The molecule has 0 N–H and O–H groups in total. The molecule has 4 nitrogen and oxygen atoms in total. The highest BCUT2D eigenvalue weighted by Crippen LogP contribution is 2.25. The predicted molar refractivity (Wildman–Crippen MR) is 33.7 cm³/mol. The van der Waals surface area contributed by atoms with Gasteiger partial charge in [-0.25, -0.2) is 8.78 Å². The van der Waals surface area contributed by atoms with E-state index in [2.05, 4.69) is 4.37 Å². The second-order valence-corrected chi connectivity index (χ2v) is 2.43. The number of rotatable bonds is 2. The van der Waals surface area contributed by atoms with E-state index in [9.17, 15) is 18.9 Å². The number of halogens is 2. The fraction of sp³-hybridized carbons (Fsp3) is 0.250. The molecular weight excluding hydrogens is 178 g/mol. The first kappa shape index (κ1) is 7.99. The molecule has 1 aromatic heterocycles. The van der Waals surface area contributed by atoms with E-state index in [1.54, 1.807) is 0 Å². The van der Waals surface area contributed by atoms with Crippen molar-refractivity contribution in [1.29, 1.82) is 0 Å². The minimum absolute atomic E-state index is 0.361. The van der Waals surface area contributed by atoms with Crippen LogP contribution in [0.2, 0.25) is 0 Å². The molecule has 1 heterocycles. The number of alkyl halides is 2. The average Bonchev–Trinajstić information content (AvgIpc) is 2.33. The fourth-order valence-electron chi connectivity index (χ4n) is 0.468. The third-order valence-corrected chi connectivity index (χ3v) is 1.68. The maximum Gasteiger partial charge on any atom is 0.343 e. The first-order chi connectivity index (χ1) is 5.11. The highest BCUT2D eigenvalue weighted by molar-refractivity contribution is 7.09. The van der Waals surface area contributed by atoms with E-state index in [-0.39, 0.29) is 5.00 Å². The lowest BCUT2D eigenvalue weighted by atomic mass is 10.4. The van der Waals surface area contributed by atoms with E-state index >= 15 is 0 Å². The zero-order valence-electron chi connectivity index (χ0n) is 5.03. The summed E-state index contributed by atoms with van der Waals surface area (Å²) < 4.78 is 26.7. The maximum atomic E-state index is 11.8. The Hall–Kier alpha value is -1.11. The molecule has 1 rings (SSSR count). The predicted octanol–water partition coefficient (Wildman–Crippen LogP) is 1.99. The van der Waals surface area contributed by atoms with Gasteiger partial charge in [0.1, 0.15) is 5.69 Å². The molecular formula is C4H2F2N2O2S. The monoisotopic (exact) mass is 180 g/mol. The van der Waals surface area contributed by atoms with Gasteiger partial charge in [-0.15, -0.1) is 0 Å². The van der Waals surface area contributed by atoms with Gasteiger partial charge in [0.15, 0.2) is 0 Å². The van der Waals surface area contributed by atoms with Gasteiger partial charge >= 0.3 is 5.00 Å². The molecule has 0 amide bonds. The van der Waals surface area contributed by atoms with E-state index in [0.717, 1.165) is 6.07 Å². The average molecular weight is 180 g/mol. The molecule has 0 aliphatic carbocycles. The summed E-state index contributed by atoms with van der Waals surface area (Å²) in [5.74, 6) is 0. The number of nitrogens with zero attached hydrogens (tertiary/aromatic N) is 2. The van der Waals surface area contributed by atoms with Crippen molar-refractivity contribution in [3.8, 4) is 0 Å². The topological polar surface area (TPSA) is 56.0 Å². The lowest BCUT2D eigenvalue weighted by Crippen LogP contribution is -1.83. The third-order valence-electron chi connectivity index (χ3n) is 0.919. The van der Waals surface area contributed by atoms with Crippen LogP contribution in [0.1, 0.15) is 12.1 Å². The molecule has 11 heavy (non-hydrogen) atoms. The third kappa shape index (κ3) is 1.67. The van der Waals surface area contributed by atoms with Crippen molar-refractivity contribution in [2.45, 2.75) is 6.43 Å². The Balaban J connectivity index is 2.90. The standard InChI is InChI=1S/C4H2F2N2O2S/c5-4(6)2-1-3(8(9)10)11-7-2/h1,4H. The summed E-state index contributed by atoms with van der Waals surface area (Å²) in [5, 5.41) is 9.61. The molecule has 0 spiro atoms. The molecule has 0 aromatic carbocycles. The van der Waals surface area contributed by atoms with Gasteiger partial charge in [-0.05, 0) is 0 Å². The van der Waals surface area contributed by atoms with E-state index in [1.165, 1.54) is 0 Å². The molecule has 0 saturated carbocycles. The van der Waals surface area contributed by atoms with Gasteiger partial charge < -0.3 is 0 Å². The van der Waals surface area contributed by atoms with Crippen LogP contribution in [0, 0.1) is 10.1 Å². The van der Waals surface area contributed by atoms with Gasteiger partial charge in [0, 0.05) is 11.5 Å². The zero-order chi connectivity index (χ0) is 8.43. The lowest BCUT2D eigenvalue weighted by molar-refractivity contribution is -0.380. The van der Waals surface area contributed by atoms with Gasteiger partial charge in [0.2, 0.25) is 0 Å². The zero-order valence-corrected chi connectivity index (χ0v) is 5.85. The number of aromatic nitrogens is 1. The highest BCUT2D eigenvalue weighted by Gasteiger charge is 2.17. The van der Waals surface area contributed by atoms with E-state index in [1.807, 2.05) is 0 Å². The van der Waals surface area contributed by atoms with Crippen LogP contribution in [-0.4, -0.2) is 9.30 Å². The van der Waals surface area contributed by atoms with Crippen molar-refractivity contribution in [3.63, 3.8) is 0 Å². The first-order valence-corrected chi connectivity index (χ1v) is 3.27. The second-order valence-electron chi connectivity index (χ2n) is 1.65.